The van der Waals surface area contributed by atoms with Gasteiger partial charge in [-0.15, -0.1) is 0 Å². The molecule has 0 N–H and O–H groups in total. The van der Waals surface area contributed by atoms with Crippen LogP contribution in [0.5, 0.6) is 5.75 Å². The van der Waals surface area contributed by atoms with Crippen LogP contribution < -0.4 is 4.74 Å². The fraction of sp³-hybridized carbons (Fsp3) is 0.368. The number of ether oxygens (including phenoxy) is 1. The van der Waals surface area contributed by atoms with Crippen molar-refractivity contribution in [1.82, 2.24) is 14.8 Å². The molecule has 0 atom stereocenters. The highest BCUT2D eigenvalue weighted by Crippen LogP contribution is 2.24. The van der Waals surface area contributed by atoms with E-state index in [2.05, 4.69) is 34.1 Å². The lowest BCUT2D eigenvalue weighted by atomic mass is 9.96. The number of fused-ring (bicyclic) bond motifs is 1. The van der Waals surface area contributed by atoms with E-state index in [0.29, 0.717) is 11.8 Å². The van der Waals surface area contributed by atoms with Gasteiger partial charge in [-0.3, -0.25) is 14.7 Å². The molecule has 24 heavy (non-hydrogen) atoms. The van der Waals surface area contributed by atoms with Gasteiger partial charge in [0.1, 0.15) is 5.75 Å². The predicted molar refractivity (Wildman–Crippen MR) is 90.7 cm³/mol. The largest absolute Gasteiger partial charge is 0.482 e. The van der Waals surface area contributed by atoms with Crippen LogP contribution in [0.3, 0.4) is 0 Å². The Balaban J connectivity index is 1.25. The molecule has 0 aliphatic carbocycles. The molecule has 0 spiro atoms. The molecular weight excluding hydrogens is 302 g/mol. The Morgan fingerprint density at radius 2 is 2.00 bits per heavy atom. The maximum absolute atomic E-state index is 12.2. The van der Waals surface area contributed by atoms with Crippen LogP contribution in [-0.2, 0) is 17.8 Å². The third-order valence-electron chi connectivity index (χ3n) is 4.89. The summed E-state index contributed by atoms with van der Waals surface area (Å²) in [4.78, 5) is 20.5. The minimum Gasteiger partial charge on any atom is -0.482 e. The topological polar surface area (TPSA) is 45.7 Å². The van der Waals surface area contributed by atoms with E-state index in [4.69, 9.17) is 4.74 Å². The summed E-state index contributed by atoms with van der Waals surface area (Å²) in [6, 6.07) is 12.7. The van der Waals surface area contributed by atoms with E-state index in [0.717, 1.165) is 32.6 Å². The van der Waals surface area contributed by atoms with Crippen LogP contribution in [0.4, 0.5) is 0 Å². The van der Waals surface area contributed by atoms with Gasteiger partial charge in [-0.1, -0.05) is 24.3 Å². The molecule has 0 saturated carbocycles. The Morgan fingerprint density at radius 1 is 1.17 bits per heavy atom. The third-order valence-corrected chi connectivity index (χ3v) is 4.89. The van der Waals surface area contributed by atoms with Crippen LogP contribution >= 0.6 is 0 Å². The molecule has 0 bridgehead atoms. The quantitative estimate of drug-likeness (QED) is 0.860. The molecule has 124 valence electrons. The average Bonchev–Trinajstić information content (AvgIpc) is 2.59. The predicted octanol–water partition coefficient (Wildman–Crippen LogP) is 1.73. The minimum atomic E-state index is 0.0486. The van der Waals surface area contributed by atoms with Gasteiger partial charge < -0.3 is 9.64 Å². The second-order valence-electron chi connectivity index (χ2n) is 6.42. The molecule has 5 heteroatoms. The van der Waals surface area contributed by atoms with Crippen LogP contribution in [0.2, 0.25) is 0 Å². The maximum atomic E-state index is 12.2. The van der Waals surface area contributed by atoms with Crippen molar-refractivity contribution in [1.29, 1.82) is 0 Å². The summed E-state index contributed by atoms with van der Waals surface area (Å²) in [6.07, 6.45) is 4.41. The summed E-state index contributed by atoms with van der Waals surface area (Å²) in [5.74, 6) is 0.683. The van der Waals surface area contributed by atoms with Gasteiger partial charge in [0.25, 0.3) is 5.91 Å². The van der Waals surface area contributed by atoms with Crippen molar-refractivity contribution in [3.63, 3.8) is 0 Å². The summed E-state index contributed by atoms with van der Waals surface area (Å²) in [5, 5.41) is 0. The number of nitrogens with zero attached hydrogens (tertiary/aromatic N) is 3. The zero-order chi connectivity index (χ0) is 16.4. The van der Waals surface area contributed by atoms with Crippen LogP contribution in [0, 0.1) is 0 Å². The Labute approximate surface area is 141 Å². The SMILES string of the molecule is O=C(COc1cccnc1)N1CC(N2CCc3ccccc3C2)C1. The van der Waals surface area contributed by atoms with Gasteiger partial charge >= 0.3 is 0 Å². The van der Waals surface area contributed by atoms with Crippen molar-refractivity contribution < 1.29 is 9.53 Å². The summed E-state index contributed by atoms with van der Waals surface area (Å²) < 4.78 is 5.48. The van der Waals surface area contributed by atoms with Crippen molar-refractivity contribution in [2.75, 3.05) is 26.2 Å². The highest BCUT2D eigenvalue weighted by molar-refractivity contribution is 5.78. The molecule has 1 amide bonds. The van der Waals surface area contributed by atoms with Gasteiger partial charge in [-0.05, 0) is 29.7 Å². The molecule has 2 aromatic rings. The van der Waals surface area contributed by atoms with Crippen LogP contribution in [0.1, 0.15) is 11.1 Å². The summed E-state index contributed by atoms with van der Waals surface area (Å²) in [5.41, 5.74) is 2.89. The normalized spacial score (nSPS) is 17.9. The lowest BCUT2D eigenvalue weighted by Crippen LogP contribution is -2.62. The summed E-state index contributed by atoms with van der Waals surface area (Å²) >= 11 is 0. The molecule has 2 aliphatic heterocycles. The van der Waals surface area contributed by atoms with Crippen molar-refractivity contribution in [3.8, 4) is 5.75 Å². The van der Waals surface area contributed by atoms with E-state index in [1.54, 1.807) is 18.5 Å². The summed E-state index contributed by atoms with van der Waals surface area (Å²) in [7, 11) is 0. The van der Waals surface area contributed by atoms with Crippen molar-refractivity contribution in [2.45, 2.75) is 19.0 Å². The zero-order valence-corrected chi connectivity index (χ0v) is 13.6. The molecule has 2 aliphatic rings. The molecule has 0 unspecified atom stereocenters. The van der Waals surface area contributed by atoms with E-state index >= 15 is 0 Å². The number of amides is 1. The monoisotopic (exact) mass is 323 g/mol. The number of likely N-dealkylation sites (tertiary alicyclic amines) is 1. The van der Waals surface area contributed by atoms with E-state index in [9.17, 15) is 4.79 Å². The first-order chi connectivity index (χ1) is 11.8. The van der Waals surface area contributed by atoms with Crippen molar-refractivity contribution in [3.05, 3.63) is 59.9 Å². The lowest BCUT2D eigenvalue weighted by Gasteiger charge is -2.46. The number of rotatable bonds is 4. The van der Waals surface area contributed by atoms with E-state index in [1.807, 2.05) is 11.0 Å². The van der Waals surface area contributed by atoms with Gasteiger partial charge in [-0.25, -0.2) is 0 Å². The van der Waals surface area contributed by atoms with E-state index in [1.165, 1.54) is 11.1 Å². The Morgan fingerprint density at radius 3 is 2.79 bits per heavy atom. The third kappa shape index (κ3) is 3.12. The highest BCUT2D eigenvalue weighted by atomic mass is 16.5. The first-order valence-electron chi connectivity index (χ1n) is 8.41. The standard InChI is InChI=1S/C19H21N3O2/c23-19(14-24-18-6-3-8-20-10-18)22-12-17(13-22)21-9-7-15-4-1-2-5-16(15)11-21/h1-6,8,10,17H,7,9,11-14H2. The van der Waals surface area contributed by atoms with E-state index in [-0.39, 0.29) is 12.5 Å². The van der Waals surface area contributed by atoms with Gasteiger partial charge in [0.2, 0.25) is 0 Å². The molecule has 5 nitrogen and oxygen atoms in total. The molecule has 1 saturated heterocycles. The lowest BCUT2D eigenvalue weighted by molar-refractivity contribution is -0.141. The molecule has 1 fully saturated rings. The number of carbonyl (C=O) groups excluding carboxylic acids is 1. The van der Waals surface area contributed by atoms with Crippen molar-refractivity contribution in [2.24, 2.45) is 0 Å². The Hall–Kier alpha value is -2.40. The molecule has 3 heterocycles. The smallest absolute Gasteiger partial charge is 0.260 e. The second-order valence-corrected chi connectivity index (χ2v) is 6.42. The Kier molecular flexibility index (Phi) is 4.17. The fourth-order valence-corrected chi connectivity index (χ4v) is 3.39. The molecule has 0 radical (unpaired) electrons. The number of pyridine rings is 1. The van der Waals surface area contributed by atoms with Crippen molar-refractivity contribution >= 4 is 5.91 Å². The number of hydrogen-bond acceptors (Lipinski definition) is 4. The van der Waals surface area contributed by atoms with Crippen LogP contribution in [0.25, 0.3) is 0 Å². The molecule has 4 rings (SSSR count). The fourth-order valence-electron chi connectivity index (χ4n) is 3.39. The average molecular weight is 323 g/mol. The van der Waals surface area contributed by atoms with E-state index < -0.39 is 0 Å². The first-order valence-corrected chi connectivity index (χ1v) is 8.41. The van der Waals surface area contributed by atoms with Gasteiger partial charge in [0.15, 0.2) is 6.61 Å². The number of aromatic nitrogens is 1. The maximum Gasteiger partial charge on any atom is 0.260 e. The van der Waals surface area contributed by atoms with Crippen LogP contribution in [-0.4, -0.2) is 53.0 Å². The van der Waals surface area contributed by atoms with Gasteiger partial charge in [0, 0.05) is 38.4 Å². The number of hydrogen-bond donors (Lipinski definition) is 0. The molecule has 1 aromatic heterocycles. The minimum absolute atomic E-state index is 0.0486. The second kappa shape index (κ2) is 6.61. The number of benzene rings is 1. The highest BCUT2D eigenvalue weighted by Gasteiger charge is 2.35. The molecular formula is C19H21N3O2. The van der Waals surface area contributed by atoms with Gasteiger partial charge in [0.05, 0.1) is 6.20 Å². The first kappa shape index (κ1) is 15.1. The van der Waals surface area contributed by atoms with Crippen LogP contribution in [0.15, 0.2) is 48.8 Å². The Bertz CT molecular complexity index is 714. The van der Waals surface area contributed by atoms with Gasteiger partial charge in [-0.2, -0.15) is 0 Å². The zero-order valence-electron chi connectivity index (χ0n) is 13.6. The molecule has 1 aromatic carbocycles. The number of carbonyl (C=O) groups is 1. The summed E-state index contributed by atoms with van der Waals surface area (Å²) in [6.45, 7) is 3.76.